The van der Waals surface area contributed by atoms with Crippen molar-refractivity contribution in [3.63, 3.8) is 0 Å². The lowest BCUT2D eigenvalue weighted by Crippen LogP contribution is -2.50. The first-order valence-electron chi connectivity index (χ1n) is 9.46. The van der Waals surface area contributed by atoms with Gasteiger partial charge in [0.15, 0.2) is 0 Å². The van der Waals surface area contributed by atoms with Crippen LogP contribution in [0.15, 0.2) is 30.3 Å². The highest BCUT2D eigenvalue weighted by atomic mass is 16.2. The summed E-state index contributed by atoms with van der Waals surface area (Å²) < 4.78 is 0. The number of rotatable bonds is 4. The molecule has 3 fully saturated rings. The highest BCUT2D eigenvalue weighted by molar-refractivity contribution is 5.84. The number of amides is 3. The van der Waals surface area contributed by atoms with Gasteiger partial charge in [-0.1, -0.05) is 36.8 Å². The SMILES string of the molecule is NC(=O)N1CC[C@H](NC(=O)[C@@]2(Cc3ccccc3)C[C@H]3CC[C@H]2C3)C1. The minimum absolute atomic E-state index is 0.0341. The molecule has 0 spiro atoms. The maximum Gasteiger partial charge on any atom is 0.314 e. The largest absolute Gasteiger partial charge is 0.351 e. The van der Waals surface area contributed by atoms with Crippen LogP contribution >= 0.6 is 0 Å². The quantitative estimate of drug-likeness (QED) is 0.882. The van der Waals surface area contributed by atoms with Crippen LogP contribution in [0.5, 0.6) is 0 Å². The topological polar surface area (TPSA) is 75.4 Å². The van der Waals surface area contributed by atoms with Crippen LogP contribution in [0, 0.1) is 17.3 Å². The van der Waals surface area contributed by atoms with Crippen molar-refractivity contribution in [1.29, 1.82) is 0 Å². The van der Waals surface area contributed by atoms with E-state index in [1.165, 1.54) is 24.8 Å². The van der Waals surface area contributed by atoms with Crippen LogP contribution in [0.1, 0.15) is 37.7 Å². The number of fused-ring (bicyclic) bond motifs is 2. The molecule has 4 rings (SSSR count). The third-order valence-electron chi connectivity index (χ3n) is 6.63. The van der Waals surface area contributed by atoms with E-state index >= 15 is 0 Å². The average Bonchev–Trinajstić information content (AvgIpc) is 3.31. The number of nitrogens with one attached hydrogen (secondary N) is 1. The predicted octanol–water partition coefficient (Wildman–Crippen LogP) is 2.30. The molecular formula is C20H27N3O2. The van der Waals surface area contributed by atoms with Gasteiger partial charge in [0.25, 0.3) is 0 Å². The number of nitrogens with two attached hydrogens (primary N) is 1. The lowest BCUT2D eigenvalue weighted by atomic mass is 9.68. The van der Waals surface area contributed by atoms with E-state index in [0.29, 0.717) is 24.9 Å². The Labute approximate surface area is 148 Å². The molecule has 3 N–H and O–H groups in total. The van der Waals surface area contributed by atoms with Gasteiger partial charge in [-0.2, -0.15) is 0 Å². The summed E-state index contributed by atoms with van der Waals surface area (Å²) in [5.74, 6) is 1.39. The normalized spacial score (nSPS) is 33.6. The first kappa shape index (κ1) is 16.4. The van der Waals surface area contributed by atoms with Crippen molar-refractivity contribution in [2.45, 2.75) is 44.6 Å². The van der Waals surface area contributed by atoms with Crippen molar-refractivity contribution in [2.75, 3.05) is 13.1 Å². The molecule has 3 aliphatic rings. The molecule has 5 nitrogen and oxygen atoms in total. The molecular weight excluding hydrogens is 314 g/mol. The number of hydrogen-bond acceptors (Lipinski definition) is 2. The fourth-order valence-electron chi connectivity index (χ4n) is 5.39. The summed E-state index contributed by atoms with van der Waals surface area (Å²) in [5, 5.41) is 3.26. The molecule has 2 aliphatic carbocycles. The fraction of sp³-hybridized carbons (Fsp3) is 0.600. The Bertz CT molecular complexity index is 662. The van der Waals surface area contributed by atoms with Gasteiger partial charge in [-0.3, -0.25) is 4.79 Å². The lowest BCUT2D eigenvalue weighted by Gasteiger charge is -2.37. The molecule has 0 radical (unpaired) electrons. The van der Waals surface area contributed by atoms with Crippen LogP contribution in [0.3, 0.4) is 0 Å². The highest BCUT2D eigenvalue weighted by Crippen LogP contribution is 2.57. The van der Waals surface area contributed by atoms with Crippen LogP contribution in [0.25, 0.3) is 0 Å². The smallest absolute Gasteiger partial charge is 0.314 e. The van der Waals surface area contributed by atoms with Crippen LogP contribution in [-0.2, 0) is 11.2 Å². The van der Waals surface area contributed by atoms with E-state index in [-0.39, 0.29) is 17.4 Å². The third kappa shape index (κ3) is 3.00. The zero-order valence-electron chi connectivity index (χ0n) is 14.6. The van der Waals surface area contributed by atoms with Gasteiger partial charge in [0.05, 0.1) is 5.41 Å². The molecule has 2 bridgehead atoms. The number of benzene rings is 1. The zero-order valence-corrected chi connectivity index (χ0v) is 14.6. The highest BCUT2D eigenvalue weighted by Gasteiger charge is 2.55. The van der Waals surface area contributed by atoms with E-state index in [1.807, 2.05) is 6.07 Å². The number of likely N-dealkylation sites (tertiary alicyclic amines) is 1. The molecule has 0 aromatic heterocycles. The lowest BCUT2D eigenvalue weighted by molar-refractivity contribution is -0.134. The standard InChI is InChI=1S/C20H27N3O2/c21-19(25)23-9-8-17(13-23)22-18(24)20(11-14-4-2-1-3-5-14)12-15-6-7-16(20)10-15/h1-5,15-17H,6-13H2,(H2,21,25)(H,22,24)/t15-,16-,17-,20-/m0/s1. The Morgan fingerprint density at radius 2 is 2.00 bits per heavy atom. The molecule has 4 atom stereocenters. The molecule has 1 heterocycles. The Morgan fingerprint density at radius 3 is 2.60 bits per heavy atom. The Morgan fingerprint density at radius 1 is 1.20 bits per heavy atom. The second-order valence-electron chi connectivity index (χ2n) is 8.14. The van der Waals surface area contributed by atoms with Crippen molar-refractivity contribution < 1.29 is 9.59 Å². The Hall–Kier alpha value is -2.04. The third-order valence-corrected chi connectivity index (χ3v) is 6.63. The van der Waals surface area contributed by atoms with Crippen LogP contribution < -0.4 is 11.1 Å². The zero-order chi connectivity index (χ0) is 17.4. The van der Waals surface area contributed by atoms with Gasteiger partial charge in [-0.05, 0) is 49.5 Å². The second-order valence-corrected chi connectivity index (χ2v) is 8.14. The van der Waals surface area contributed by atoms with E-state index in [1.54, 1.807) is 4.90 Å². The van der Waals surface area contributed by atoms with Crippen LogP contribution in [0.4, 0.5) is 4.79 Å². The summed E-state index contributed by atoms with van der Waals surface area (Å²) in [5.41, 5.74) is 6.34. The van der Waals surface area contributed by atoms with E-state index in [9.17, 15) is 9.59 Å². The van der Waals surface area contributed by atoms with Gasteiger partial charge in [0.1, 0.15) is 0 Å². The van der Waals surface area contributed by atoms with E-state index in [0.717, 1.165) is 19.3 Å². The second kappa shape index (κ2) is 6.36. The molecule has 2 saturated carbocycles. The number of hydrogen-bond donors (Lipinski definition) is 2. The summed E-state index contributed by atoms with van der Waals surface area (Å²) in [6, 6.07) is 10.0. The van der Waals surface area contributed by atoms with E-state index in [4.69, 9.17) is 5.73 Å². The Balaban J connectivity index is 1.51. The van der Waals surface area contributed by atoms with Gasteiger partial charge in [-0.25, -0.2) is 4.79 Å². The van der Waals surface area contributed by atoms with Gasteiger partial charge >= 0.3 is 6.03 Å². The summed E-state index contributed by atoms with van der Waals surface area (Å²) >= 11 is 0. The van der Waals surface area contributed by atoms with Gasteiger partial charge in [0.2, 0.25) is 5.91 Å². The van der Waals surface area contributed by atoms with Crippen LogP contribution in [-0.4, -0.2) is 36.0 Å². The van der Waals surface area contributed by atoms with Crippen molar-refractivity contribution in [1.82, 2.24) is 10.2 Å². The number of carbonyl (C=O) groups is 2. The summed E-state index contributed by atoms with van der Waals surface area (Å²) in [6.07, 6.45) is 6.26. The number of carbonyl (C=O) groups excluding carboxylic acids is 2. The Kier molecular flexibility index (Phi) is 4.18. The molecule has 1 saturated heterocycles. The summed E-state index contributed by atoms with van der Waals surface area (Å²) in [6.45, 7) is 1.18. The fourth-order valence-corrected chi connectivity index (χ4v) is 5.39. The predicted molar refractivity (Wildman–Crippen MR) is 95.7 cm³/mol. The molecule has 3 amide bonds. The van der Waals surface area contributed by atoms with Gasteiger partial charge < -0.3 is 16.0 Å². The monoisotopic (exact) mass is 341 g/mol. The molecule has 0 unspecified atom stereocenters. The first-order valence-corrected chi connectivity index (χ1v) is 9.46. The van der Waals surface area contributed by atoms with Gasteiger partial charge in [-0.15, -0.1) is 0 Å². The maximum atomic E-state index is 13.3. The molecule has 134 valence electrons. The van der Waals surface area contributed by atoms with Crippen molar-refractivity contribution >= 4 is 11.9 Å². The molecule has 1 aromatic carbocycles. The molecule has 1 aliphatic heterocycles. The van der Waals surface area contributed by atoms with Crippen molar-refractivity contribution in [2.24, 2.45) is 23.0 Å². The summed E-state index contributed by atoms with van der Waals surface area (Å²) in [7, 11) is 0. The number of urea groups is 1. The molecule has 5 heteroatoms. The van der Waals surface area contributed by atoms with E-state index in [2.05, 4.69) is 29.6 Å². The number of nitrogens with zero attached hydrogens (tertiary/aromatic N) is 1. The van der Waals surface area contributed by atoms with Gasteiger partial charge in [0, 0.05) is 19.1 Å². The van der Waals surface area contributed by atoms with Crippen molar-refractivity contribution in [3.8, 4) is 0 Å². The summed E-state index contributed by atoms with van der Waals surface area (Å²) in [4.78, 5) is 26.3. The van der Waals surface area contributed by atoms with Crippen LogP contribution in [0.2, 0.25) is 0 Å². The van der Waals surface area contributed by atoms with Crippen molar-refractivity contribution in [3.05, 3.63) is 35.9 Å². The first-order chi connectivity index (χ1) is 12.1. The maximum absolute atomic E-state index is 13.3. The van der Waals surface area contributed by atoms with E-state index < -0.39 is 6.03 Å². The number of primary amides is 1. The molecule has 25 heavy (non-hydrogen) atoms. The minimum atomic E-state index is -0.393. The average molecular weight is 341 g/mol. The molecule has 1 aromatic rings. The minimum Gasteiger partial charge on any atom is -0.351 e.